The SMILES string of the molecule is CCSC=Nc1c(F)c(-c2cc(OCOC)cc3ccc(F)c(CC)c23)nc(/C=C\N)c1/C(=N\O)N1CCOCC(C)C1. The maximum atomic E-state index is 17.0. The fourth-order valence-electron chi connectivity index (χ4n) is 5.14. The third-order valence-corrected chi connectivity index (χ3v) is 7.56. The molecule has 1 unspecified atom stereocenters. The monoisotopic (exact) mass is 613 g/mol. The fraction of sp³-hybridized carbons (Fsp3) is 0.387. The van der Waals surface area contributed by atoms with Gasteiger partial charge in [-0.15, -0.1) is 11.8 Å². The topological polar surface area (TPSA) is 115 Å². The Morgan fingerprint density at radius 3 is 2.81 bits per heavy atom. The summed E-state index contributed by atoms with van der Waals surface area (Å²) in [6.45, 7) is 7.61. The lowest BCUT2D eigenvalue weighted by Gasteiger charge is -2.26. The molecule has 0 saturated carbocycles. The van der Waals surface area contributed by atoms with Gasteiger partial charge in [0.2, 0.25) is 0 Å². The van der Waals surface area contributed by atoms with Crippen LogP contribution in [0.1, 0.15) is 37.6 Å². The van der Waals surface area contributed by atoms with Crippen molar-refractivity contribution in [2.24, 2.45) is 21.8 Å². The van der Waals surface area contributed by atoms with E-state index in [2.05, 4.69) is 10.1 Å². The van der Waals surface area contributed by atoms with Crippen LogP contribution in [0.5, 0.6) is 5.75 Å². The zero-order valence-electron chi connectivity index (χ0n) is 24.8. The maximum Gasteiger partial charge on any atom is 0.188 e. The van der Waals surface area contributed by atoms with Crippen molar-refractivity contribution in [3.05, 3.63) is 58.9 Å². The first kappa shape index (κ1) is 32.2. The van der Waals surface area contributed by atoms with Crippen LogP contribution in [0.4, 0.5) is 14.5 Å². The fourth-order valence-corrected chi connectivity index (χ4v) is 5.47. The highest BCUT2D eigenvalue weighted by Crippen LogP contribution is 2.41. The highest BCUT2D eigenvalue weighted by molar-refractivity contribution is 8.12. The van der Waals surface area contributed by atoms with Crippen LogP contribution in [-0.2, 0) is 15.9 Å². The number of nitrogens with zero attached hydrogens (tertiary/aromatic N) is 4. The number of benzene rings is 2. The average molecular weight is 614 g/mol. The van der Waals surface area contributed by atoms with E-state index >= 15 is 8.78 Å². The summed E-state index contributed by atoms with van der Waals surface area (Å²) in [5.41, 5.74) is 8.35. The van der Waals surface area contributed by atoms with Gasteiger partial charge < -0.3 is 30.1 Å². The van der Waals surface area contributed by atoms with E-state index in [1.807, 2.05) is 25.7 Å². The van der Waals surface area contributed by atoms with Gasteiger partial charge in [0, 0.05) is 25.8 Å². The first-order chi connectivity index (χ1) is 20.9. The first-order valence-electron chi connectivity index (χ1n) is 14.1. The van der Waals surface area contributed by atoms with Crippen LogP contribution < -0.4 is 10.5 Å². The molecule has 12 heteroatoms. The summed E-state index contributed by atoms with van der Waals surface area (Å²) < 4.78 is 48.6. The predicted molar refractivity (Wildman–Crippen MR) is 168 cm³/mol. The molecule has 9 nitrogen and oxygen atoms in total. The number of aliphatic imine (C=N–C) groups is 1. The molecule has 0 amide bonds. The van der Waals surface area contributed by atoms with E-state index in [1.165, 1.54) is 42.8 Å². The molecule has 1 saturated heterocycles. The van der Waals surface area contributed by atoms with Crippen molar-refractivity contribution in [2.75, 3.05) is 46.0 Å². The zero-order chi connectivity index (χ0) is 30.9. The molecule has 0 spiro atoms. The quantitative estimate of drug-likeness (QED) is 0.0917. The molecule has 1 aliphatic heterocycles. The number of aromatic nitrogens is 1. The molecule has 0 bridgehead atoms. The summed E-state index contributed by atoms with van der Waals surface area (Å²) in [5.74, 6) is 0.135. The number of amidine groups is 1. The minimum absolute atomic E-state index is 0.0408. The van der Waals surface area contributed by atoms with Crippen LogP contribution in [0.2, 0.25) is 0 Å². The third-order valence-electron chi connectivity index (χ3n) is 6.97. The van der Waals surface area contributed by atoms with Crippen molar-refractivity contribution in [1.29, 1.82) is 0 Å². The molecule has 1 aliphatic rings. The molecule has 0 radical (unpaired) electrons. The van der Waals surface area contributed by atoms with Gasteiger partial charge in [-0.05, 0) is 64.9 Å². The molecule has 230 valence electrons. The Hall–Kier alpha value is -3.74. The molecule has 3 aromatic rings. The summed E-state index contributed by atoms with van der Waals surface area (Å²) in [5, 5.41) is 15.1. The van der Waals surface area contributed by atoms with E-state index in [9.17, 15) is 5.21 Å². The largest absolute Gasteiger partial charge is 0.468 e. The van der Waals surface area contributed by atoms with Gasteiger partial charge in [-0.25, -0.2) is 18.8 Å². The Bertz CT molecular complexity index is 1530. The lowest BCUT2D eigenvalue weighted by Crippen LogP contribution is -2.36. The van der Waals surface area contributed by atoms with Crippen LogP contribution in [-0.4, -0.2) is 72.4 Å². The zero-order valence-corrected chi connectivity index (χ0v) is 25.6. The molecular formula is C31H37F2N5O4S. The van der Waals surface area contributed by atoms with Gasteiger partial charge in [-0.2, -0.15) is 0 Å². The van der Waals surface area contributed by atoms with Crippen molar-refractivity contribution in [2.45, 2.75) is 27.2 Å². The summed E-state index contributed by atoms with van der Waals surface area (Å²) in [4.78, 5) is 11.1. The number of oxime groups is 1. The van der Waals surface area contributed by atoms with E-state index in [4.69, 9.17) is 24.9 Å². The molecule has 1 atom stereocenters. The Labute approximate surface area is 254 Å². The standard InChI is InChI=1S/C31H37F2N5O4S/c1-5-22-24(32)8-7-20-13-21(42-18-40-4)14-23(26(20)22)29-28(33)30(35-17-43-6-2)27(25(36-29)9-10-34)31(37-39)38-11-12-41-16-19(3)15-38/h7-10,13-14,17,19,39H,5-6,11-12,15-16,18,34H2,1-4H3/b10-9-,35-17?,37-31+. The highest BCUT2D eigenvalue weighted by atomic mass is 32.2. The summed E-state index contributed by atoms with van der Waals surface area (Å²) in [7, 11) is 1.49. The molecule has 43 heavy (non-hydrogen) atoms. The molecule has 3 N–H and O–H groups in total. The Morgan fingerprint density at radius 1 is 1.30 bits per heavy atom. The number of halogens is 2. The Morgan fingerprint density at radius 2 is 2.12 bits per heavy atom. The van der Waals surface area contributed by atoms with E-state index in [1.54, 1.807) is 18.2 Å². The lowest BCUT2D eigenvalue weighted by atomic mass is 9.93. The van der Waals surface area contributed by atoms with E-state index in [0.29, 0.717) is 66.1 Å². The second kappa shape index (κ2) is 15.1. The maximum absolute atomic E-state index is 17.0. The highest BCUT2D eigenvalue weighted by Gasteiger charge is 2.30. The number of pyridine rings is 1. The van der Waals surface area contributed by atoms with Gasteiger partial charge in [0.05, 0.1) is 30.0 Å². The minimum atomic E-state index is -0.770. The first-order valence-corrected chi connectivity index (χ1v) is 15.1. The second-order valence-electron chi connectivity index (χ2n) is 9.98. The van der Waals surface area contributed by atoms with Gasteiger partial charge in [-0.1, -0.05) is 32.0 Å². The van der Waals surface area contributed by atoms with Crippen LogP contribution in [0.15, 0.2) is 40.6 Å². The van der Waals surface area contributed by atoms with Crippen molar-refractivity contribution in [1.82, 2.24) is 9.88 Å². The lowest BCUT2D eigenvalue weighted by molar-refractivity contribution is 0.0512. The summed E-state index contributed by atoms with van der Waals surface area (Å²) >= 11 is 1.38. The third kappa shape index (κ3) is 7.09. The number of fused-ring (bicyclic) bond motifs is 1. The van der Waals surface area contributed by atoms with Crippen molar-refractivity contribution in [3.63, 3.8) is 0 Å². The molecule has 4 rings (SSSR count). The summed E-state index contributed by atoms with van der Waals surface area (Å²) in [6.07, 6.45) is 3.14. The van der Waals surface area contributed by atoms with E-state index < -0.39 is 11.6 Å². The summed E-state index contributed by atoms with van der Waals surface area (Å²) in [6, 6.07) is 6.37. The van der Waals surface area contributed by atoms with Crippen LogP contribution in [0.25, 0.3) is 28.1 Å². The molecule has 1 aromatic heterocycles. The van der Waals surface area contributed by atoms with Crippen molar-refractivity contribution >= 4 is 45.7 Å². The predicted octanol–water partition coefficient (Wildman–Crippen LogP) is 6.17. The average Bonchev–Trinajstić information content (AvgIpc) is 3.22. The number of rotatable bonds is 10. The van der Waals surface area contributed by atoms with Crippen LogP contribution in [0.3, 0.4) is 0 Å². The van der Waals surface area contributed by atoms with Gasteiger partial charge in [-0.3, -0.25) is 0 Å². The second-order valence-corrected chi connectivity index (χ2v) is 11.1. The number of ether oxygens (including phenoxy) is 3. The van der Waals surface area contributed by atoms with Crippen LogP contribution >= 0.6 is 11.8 Å². The number of methoxy groups -OCH3 is 1. The normalized spacial score (nSPS) is 16.5. The smallest absolute Gasteiger partial charge is 0.188 e. The van der Waals surface area contributed by atoms with E-state index in [0.717, 1.165) is 0 Å². The Kier molecular flexibility index (Phi) is 11.3. The minimum Gasteiger partial charge on any atom is -0.468 e. The van der Waals surface area contributed by atoms with Crippen molar-refractivity contribution in [3.8, 4) is 17.0 Å². The Balaban J connectivity index is 2.08. The van der Waals surface area contributed by atoms with Crippen LogP contribution in [0, 0.1) is 17.6 Å². The molecule has 2 heterocycles. The van der Waals surface area contributed by atoms with Gasteiger partial charge in [0.15, 0.2) is 18.4 Å². The van der Waals surface area contributed by atoms with Gasteiger partial charge in [0.25, 0.3) is 0 Å². The van der Waals surface area contributed by atoms with Gasteiger partial charge >= 0.3 is 0 Å². The van der Waals surface area contributed by atoms with Crippen molar-refractivity contribution < 1.29 is 28.2 Å². The molecule has 0 aliphatic carbocycles. The molecular weight excluding hydrogens is 576 g/mol. The van der Waals surface area contributed by atoms with Gasteiger partial charge in [0.1, 0.15) is 22.9 Å². The number of hydrogen-bond donors (Lipinski definition) is 2. The number of nitrogens with two attached hydrogens (primary N) is 1. The number of thioether (sulfide) groups is 1. The number of hydrogen-bond acceptors (Lipinski definition) is 9. The molecule has 1 fully saturated rings. The molecule has 2 aromatic carbocycles. The number of aryl methyl sites for hydroxylation is 1. The van der Waals surface area contributed by atoms with E-state index in [-0.39, 0.29) is 41.2 Å².